The Balaban J connectivity index is 0.00000840. The van der Waals surface area contributed by atoms with Gasteiger partial charge < -0.3 is 0 Å². The molecule has 0 spiro atoms. The van der Waals surface area contributed by atoms with Crippen LogP contribution in [0.15, 0.2) is 82.8 Å². The van der Waals surface area contributed by atoms with E-state index in [1.165, 1.54) is 109 Å². The summed E-state index contributed by atoms with van der Waals surface area (Å²) in [6.07, 6.45) is 31.0. The third kappa shape index (κ3) is 19.7. The molecule has 2 nitrogen and oxygen atoms in total. The average Bonchev–Trinajstić information content (AvgIpc) is 2.99. The molecule has 2 aromatic carbocycles. The zero-order valence-corrected chi connectivity index (χ0v) is 27.3. The molecule has 0 saturated heterocycles. The average molecular weight is 602 g/mol. The molecule has 0 aliphatic rings. The third-order valence-electron chi connectivity index (χ3n) is 7.59. The molecule has 0 fully saturated rings. The standard InChI is InChI=1S/C38H58N2.Ni/c1-3-5-7-9-11-12-13-14-15-16-17-18-20-28-34-38(40-36-31-25-22-26-32-36)37(33-27-19-10-8-6-4-2)39-35-29-23-21-24-30-35;/h21-26,28-32,34H,3-20,27,33H2,1-2H3;/b34-28+,39-37+,40-38+;. The molecule has 230 valence electrons. The number of para-hydroxylation sites is 2. The van der Waals surface area contributed by atoms with Crippen LogP contribution in [-0.2, 0) is 16.5 Å². The van der Waals surface area contributed by atoms with Gasteiger partial charge in [0, 0.05) is 16.5 Å². The van der Waals surface area contributed by atoms with E-state index in [-0.39, 0.29) is 16.5 Å². The third-order valence-corrected chi connectivity index (χ3v) is 7.59. The van der Waals surface area contributed by atoms with E-state index in [0.717, 1.165) is 42.1 Å². The molecule has 0 aliphatic carbocycles. The summed E-state index contributed by atoms with van der Waals surface area (Å²) in [5.74, 6) is 0. The molecule has 2 rings (SSSR count). The van der Waals surface area contributed by atoms with E-state index in [9.17, 15) is 0 Å². The van der Waals surface area contributed by atoms with Crippen molar-refractivity contribution in [1.29, 1.82) is 0 Å². The topological polar surface area (TPSA) is 24.7 Å². The first-order chi connectivity index (χ1) is 19.8. The monoisotopic (exact) mass is 600 g/mol. The van der Waals surface area contributed by atoms with Crippen molar-refractivity contribution in [2.75, 3.05) is 0 Å². The van der Waals surface area contributed by atoms with Gasteiger partial charge in [-0.05, 0) is 56.0 Å². The maximum Gasteiger partial charge on any atom is 0.0848 e. The van der Waals surface area contributed by atoms with Crippen molar-refractivity contribution in [1.82, 2.24) is 0 Å². The van der Waals surface area contributed by atoms with Crippen LogP contribution in [0.25, 0.3) is 0 Å². The van der Waals surface area contributed by atoms with Crippen molar-refractivity contribution >= 4 is 22.8 Å². The second kappa shape index (κ2) is 26.9. The van der Waals surface area contributed by atoms with Gasteiger partial charge in [0.05, 0.1) is 22.8 Å². The Bertz CT molecular complexity index is 933. The molecule has 0 heterocycles. The van der Waals surface area contributed by atoms with Gasteiger partial charge in [-0.25, -0.2) is 4.99 Å². The molecule has 0 N–H and O–H groups in total. The van der Waals surface area contributed by atoms with Crippen molar-refractivity contribution < 1.29 is 16.5 Å². The molecule has 0 amide bonds. The van der Waals surface area contributed by atoms with Gasteiger partial charge in [-0.2, -0.15) is 0 Å². The first kappa shape index (κ1) is 37.0. The van der Waals surface area contributed by atoms with Crippen LogP contribution in [0.2, 0.25) is 0 Å². The molecular weight excluding hydrogens is 543 g/mol. The predicted molar refractivity (Wildman–Crippen MR) is 180 cm³/mol. The van der Waals surface area contributed by atoms with Crippen molar-refractivity contribution in [3.8, 4) is 0 Å². The summed E-state index contributed by atoms with van der Waals surface area (Å²) in [7, 11) is 0. The Morgan fingerprint density at radius 1 is 0.512 bits per heavy atom. The normalized spacial score (nSPS) is 12.1. The van der Waals surface area contributed by atoms with Gasteiger partial charge in [-0.1, -0.05) is 159 Å². The van der Waals surface area contributed by atoms with Crippen LogP contribution < -0.4 is 0 Å². The van der Waals surface area contributed by atoms with E-state index < -0.39 is 0 Å². The Hall–Kier alpha value is -1.99. The van der Waals surface area contributed by atoms with E-state index in [1.807, 2.05) is 0 Å². The summed E-state index contributed by atoms with van der Waals surface area (Å²) in [5.41, 5.74) is 4.13. The fourth-order valence-electron chi connectivity index (χ4n) is 5.11. The van der Waals surface area contributed by atoms with E-state index in [1.54, 1.807) is 0 Å². The maximum atomic E-state index is 5.11. The molecule has 0 aromatic heterocycles. The zero-order valence-electron chi connectivity index (χ0n) is 26.3. The fraction of sp³-hybridized carbons (Fsp3) is 0.579. The SMILES string of the molecule is CCCCCCCCCCCCCC/C=C/C(=N\c1ccccc1)C(/CCCCCCCC)=N/c1ccccc1.[Ni]. The summed E-state index contributed by atoms with van der Waals surface area (Å²) < 4.78 is 0. The number of hydrogen-bond acceptors (Lipinski definition) is 2. The molecule has 0 bridgehead atoms. The van der Waals surface area contributed by atoms with Gasteiger partial charge in [0.15, 0.2) is 0 Å². The number of allylic oxidation sites excluding steroid dienone is 2. The molecule has 41 heavy (non-hydrogen) atoms. The minimum absolute atomic E-state index is 0. The van der Waals surface area contributed by atoms with E-state index in [4.69, 9.17) is 9.98 Å². The second-order valence-electron chi connectivity index (χ2n) is 11.3. The van der Waals surface area contributed by atoms with E-state index in [2.05, 4.69) is 86.7 Å². The smallest absolute Gasteiger partial charge is 0.0848 e. The molecule has 0 aliphatic heterocycles. The van der Waals surface area contributed by atoms with Crippen molar-refractivity contribution in [3.63, 3.8) is 0 Å². The summed E-state index contributed by atoms with van der Waals surface area (Å²) in [6.45, 7) is 4.57. The number of benzene rings is 2. The molecule has 3 heteroatoms. The molecule has 0 radical (unpaired) electrons. The Labute approximate surface area is 263 Å². The first-order valence-corrected chi connectivity index (χ1v) is 16.8. The Kier molecular flexibility index (Phi) is 24.3. The van der Waals surface area contributed by atoms with Gasteiger partial charge in [0.2, 0.25) is 0 Å². The van der Waals surface area contributed by atoms with Gasteiger partial charge in [0.25, 0.3) is 0 Å². The molecule has 0 unspecified atom stereocenters. The van der Waals surface area contributed by atoms with Crippen molar-refractivity contribution in [2.45, 2.75) is 142 Å². The molecular formula is C38H58N2Ni. The predicted octanol–water partition coefficient (Wildman–Crippen LogP) is 12.9. The quantitative estimate of drug-likeness (QED) is 0.0650. The van der Waals surface area contributed by atoms with Gasteiger partial charge >= 0.3 is 0 Å². The maximum absolute atomic E-state index is 5.11. The summed E-state index contributed by atoms with van der Waals surface area (Å²) in [4.78, 5) is 10.2. The van der Waals surface area contributed by atoms with Crippen LogP contribution in [0.1, 0.15) is 142 Å². The number of hydrogen-bond donors (Lipinski definition) is 0. The van der Waals surface area contributed by atoms with Crippen LogP contribution in [-0.4, -0.2) is 11.4 Å². The summed E-state index contributed by atoms with van der Waals surface area (Å²) in [5, 5.41) is 0. The van der Waals surface area contributed by atoms with Crippen LogP contribution in [0.3, 0.4) is 0 Å². The van der Waals surface area contributed by atoms with Crippen LogP contribution in [0, 0.1) is 0 Å². The number of rotatable bonds is 24. The fourth-order valence-corrected chi connectivity index (χ4v) is 5.11. The summed E-state index contributed by atoms with van der Waals surface area (Å²) in [6, 6.07) is 20.7. The van der Waals surface area contributed by atoms with Crippen LogP contribution in [0.5, 0.6) is 0 Å². The van der Waals surface area contributed by atoms with E-state index >= 15 is 0 Å². The second-order valence-corrected chi connectivity index (χ2v) is 11.3. The number of unbranched alkanes of at least 4 members (excludes halogenated alkanes) is 17. The number of nitrogens with zero attached hydrogens (tertiary/aromatic N) is 2. The van der Waals surface area contributed by atoms with Gasteiger partial charge in [-0.3, -0.25) is 4.99 Å². The van der Waals surface area contributed by atoms with Crippen LogP contribution in [0.4, 0.5) is 11.4 Å². The molecule has 2 aromatic rings. The first-order valence-electron chi connectivity index (χ1n) is 16.8. The minimum atomic E-state index is 0. The summed E-state index contributed by atoms with van der Waals surface area (Å²) >= 11 is 0. The molecule has 0 saturated carbocycles. The van der Waals surface area contributed by atoms with E-state index in [0.29, 0.717) is 0 Å². The Morgan fingerprint density at radius 2 is 0.927 bits per heavy atom. The molecule has 0 atom stereocenters. The minimum Gasteiger partial charge on any atom is -0.251 e. The van der Waals surface area contributed by atoms with Crippen LogP contribution >= 0.6 is 0 Å². The Morgan fingerprint density at radius 3 is 1.41 bits per heavy atom. The van der Waals surface area contributed by atoms with Crippen molar-refractivity contribution in [3.05, 3.63) is 72.8 Å². The largest absolute Gasteiger partial charge is 0.251 e. The van der Waals surface area contributed by atoms with Gasteiger partial charge in [-0.15, -0.1) is 0 Å². The van der Waals surface area contributed by atoms with Gasteiger partial charge in [0.1, 0.15) is 0 Å². The number of aliphatic imine (C=N–C) groups is 2. The zero-order chi connectivity index (χ0) is 28.4. The van der Waals surface area contributed by atoms with Crippen molar-refractivity contribution in [2.24, 2.45) is 9.98 Å².